The summed E-state index contributed by atoms with van der Waals surface area (Å²) in [6.45, 7) is 1.97. The summed E-state index contributed by atoms with van der Waals surface area (Å²) in [7, 11) is 0. The van der Waals surface area contributed by atoms with Gasteiger partial charge in [-0.15, -0.1) is 11.3 Å². The maximum absolute atomic E-state index is 5.28. The zero-order valence-electron chi connectivity index (χ0n) is 9.62. The molecule has 3 aromatic rings. The Kier molecular flexibility index (Phi) is 2.81. The Morgan fingerprint density at radius 2 is 2.06 bits per heavy atom. The lowest BCUT2D eigenvalue weighted by atomic mass is 10.3. The molecule has 4 nitrogen and oxygen atoms in total. The second-order valence-corrected chi connectivity index (χ2v) is 5.22. The fraction of sp³-hybridized carbons (Fsp3) is 0.0833. The molecular weight excluding hydrogens is 264 g/mol. The molecule has 1 N–H and O–H groups in total. The van der Waals surface area contributed by atoms with Gasteiger partial charge in [0.1, 0.15) is 5.69 Å². The lowest BCUT2D eigenvalue weighted by Crippen LogP contribution is -1.97. The summed E-state index contributed by atoms with van der Waals surface area (Å²) in [5.41, 5.74) is 1.82. The van der Waals surface area contributed by atoms with Gasteiger partial charge >= 0.3 is 0 Å². The first-order valence-corrected chi connectivity index (χ1v) is 6.70. The van der Waals surface area contributed by atoms with E-state index < -0.39 is 0 Å². The number of aryl methyl sites for hydroxylation is 1. The van der Waals surface area contributed by atoms with Gasteiger partial charge in [0, 0.05) is 5.38 Å². The van der Waals surface area contributed by atoms with Crippen LogP contribution < -0.4 is 0 Å². The van der Waals surface area contributed by atoms with Gasteiger partial charge < -0.3 is 0 Å². The van der Waals surface area contributed by atoms with Crippen LogP contribution in [0.1, 0.15) is 5.01 Å². The van der Waals surface area contributed by atoms with Crippen molar-refractivity contribution in [2.45, 2.75) is 6.92 Å². The number of nitrogens with zero attached hydrogens (tertiary/aromatic N) is 3. The van der Waals surface area contributed by atoms with Gasteiger partial charge in [0.15, 0.2) is 10.6 Å². The van der Waals surface area contributed by atoms with E-state index in [2.05, 4.69) is 15.2 Å². The van der Waals surface area contributed by atoms with Crippen LogP contribution in [0.15, 0.2) is 35.7 Å². The Balaban J connectivity index is 2.22. The smallest absolute Gasteiger partial charge is 0.200 e. The molecule has 0 aliphatic heterocycles. The van der Waals surface area contributed by atoms with Crippen molar-refractivity contribution >= 4 is 23.6 Å². The van der Waals surface area contributed by atoms with Crippen molar-refractivity contribution in [1.29, 1.82) is 0 Å². The highest BCUT2D eigenvalue weighted by Crippen LogP contribution is 2.22. The highest BCUT2D eigenvalue weighted by molar-refractivity contribution is 7.71. The van der Waals surface area contributed by atoms with E-state index in [0.717, 1.165) is 22.2 Å². The highest BCUT2D eigenvalue weighted by Gasteiger charge is 2.12. The van der Waals surface area contributed by atoms with Crippen molar-refractivity contribution in [3.05, 3.63) is 45.5 Å². The minimum Gasteiger partial charge on any atom is -0.267 e. The van der Waals surface area contributed by atoms with E-state index >= 15 is 0 Å². The molecule has 3 rings (SSSR count). The number of hydrogen-bond acceptors (Lipinski definition) is 4. The van der Waals surface area contributed by atoms with Gasteiger partial charge in [0.05, 0.1) is 10.7 Å². The Morgan fingerprint density at radius 3 is 2.72 bits per heavy atom. The van der Waals surface area contributed by atoms with Gasteiger partial charge in [-0.1, -0.05) is 18.2 Å². The summed E-state index contributed by atoms with van der Waals surface area (Å²) in [4.78, 5) is 4.45. The SMILES string of the molecule is Cc1nc(-c2n[nH]c(=S)n2-c2ccccc2)cs1. The first-order chi connectivity index (χ1) is 8.75. The minimum atomic E-state index is 0.571. The van der Waals surface area contributed by atoms with Gasteiger partial charge in [-0.25, -0.2) is 4.98 Å². The van der Waals surface area contributed by atoms with Crippen molar-refractivity contribution in [2.24, 2.45) is 0 Å². The molecule has 90 valence electrons. The summed E-state index contributed by atoms with van der Waals surface area (Å²) < 4.78 is 2.46. The third-order valence-electron chi connectivity index (χ3n) is 2.53. The molecule has 2 aromatic heterocycles. The van der Waals surface area contributed by atoms with Gasteiger partial charge in [-0.2, -0.15) is 5.10 Å². The molecule has 0 fully saturated rings. The summed E-state index contributed by atoms with van der Waals surface area (Å²) in [6.07, 6.45) is 0. The molecule has 0 unspecified atom stereocenters. The lowest BCUT2D eigenvalue weighted by molar-refractivity contribution is 1.03. The van der Waals surface area contributed by atoms with E-state index in [1.807, 2.05) is 47.2 Å². The number of rotatable bonds is 2. The van der Waals surface area contributed by atoms with Crippen LogP contribution in [0.2, 0.25) is 0 Å². The number of hydrogen-bond donors (Lipinski definition) is 1. The Hall–Kier alpha value is -1.79. The predicted octanol–water partition coefficient (Wildman–Crippen LogP) is 3.36. The molecule has 0 saturated carbocycles. The maximum atomic E-state index is 5.28. The first-order valence-electron chi connectivity index (χ1n) is 5.41. The normalized spacial score (nSPS) is 10.7. The fourth-order valence-electron chi connectivity index (χ4n) is 1.75. The number of para-hydroxylation sites is 1. The third-order valence-corrected chi connectivity index (χ3v) is 3.58. The molecule has 0 atom stereocenters. The second-order valence-electron chi connectivity index (χ2n) is 3.78. The fourth-order valence-corrected chi connectivity index (χ4v) is 2.58. The van der Waals surface area contributed by atoms with Crippen molar-refractivity contribution in [3.8, 4) is 17.2 Å². The average Bonchev–Trinajstić information content (AvgIpc) is 2.96. The summed E-state index contributed by atoms with van der Waals surface area (Å²) in [5, 5.41) is 10.1. The molecule has 2 heterocycles. The van der Waals surface area contributed by atoms with Crippen LogP contribution in [0.25, 0.3) is 17.2 Å². The summed E-state index contributed by atoms with van der Waals surface area (Å²) in [6, 6.07) is 9.91. The molecule has 18 heavy (non-hydrogen) atoms. The van der Waals surface area contributed by atoms with Crippen molar-refractivity contribution in [1.82, 2.24) is 19.7 Å². The van der Waals surface area contributed by atoms with Gasteiger partial charge in [0.25, 0.3) is 0 Å². The van der Waals surface area contributed by atoms with E-state index in [0.29, 0.717) is 4.77 Å². The van der Waals surface area contributed by atoms with Crippen LogP contribution >= 0.6 is 23.6 Å². The topological polar surface area (TPSA) is 46.5 Å². The number of H-pyrrole nitrogens is 1. The standard InChI is InChI=1S/C12H10N4S2/c1-8-13-10(7-18-8)11-14-15-12(17)16(11)9-5-3-2-4-6-9/h2-7H,1H3,(H,15,17). The van der Waals surface area contributed by atoms with Crippen LogP contribution in [0, 0.1) is 11.7 Å². The van der Waals surface area contributed by atoms with Crippen LogP contribution in [0.5, 0.6) is 0 Å². The number of benzene rings is 1. The monoisotopic (exact) mass is 274 g/mol. The number of thiazole rings is 1. The average molecular weight is 274 g/mol. The zero-order valence-corrected chi connectivity index (χ0v) is 11.3. The van der Waals surface area contributed by atoms with Crippen LogP contribution in [-0.2, 0) is 0 Å². The van der Waals surface area contributed by atoms with E-state index in [9.17, 15) is 0 Å². The van der Waals surface area contributed by atoms with Crippen LogP contribution in [-0.4, -0.2) is 19.7 Å². The molecule has 0 amide bonds. The van der Waals surface area contributed by atoms with Crippen LogP contribution in [0.4, 0.5) is 0 Å². The second kappa shape index (κ2) is 4.47. The number of aromatic amines is 1. The van der Waals surface area contributed by atoms with Gasteiger partial charge in [-0.05, 0) is 31.3 Å². The van der Waals surface area contributed by atoms with E-state index in [4.69, 9.17) is 12.2 Å². The largest absolute Gasteiger partial charge is 0.267 e. The Bertz CT molecular complexity index is 724. The van der Waals surface area contributed by atoms with E-state index in [-0.39, 0.29) is 0 Å². The molecule has 1 aromatic carbocycles. The summed E-state index contributed by atoms with van der Waals surface area (Å²) >= 11 is 6.88. The zero-order chi connectivity index (χ0) is 12.5. The number of nitrogens with one attached hydrogen (secondary N) is 1. The van der Waals surface area contributed by atoms with Crippen molar-refractivity contribution in [3.63, 3.8) is 0 Å². The molecule has 0 aliphatic rings. The van der Waals surface area contributed by atoms with E-state index in [1.165, 1.54) is 0 Å². The highest BCUT2D eigenvalue weighted by atomic mass is 32.1. The minimum absolute atomic E-state index is 0.571. The molecule has 6 heteroatoms. The molecule has 0 bridgehead atoms. The molecule has 0 radical (unpaired) electrons. The molecule has 0 saturated heterocycles. The van der Waals surface area contributed by atoms with Crippen molar-refractivity contribution in [2.75, 3.05) is 0 Å². The molecular formula is C12H10N4S2. The van der Waals surface area contributed by atoms with Gasteiger partial charge in [0.2, 0.25) is 0 Å². The Labute approximate surface area is 113 Å². The number of aromatic nitrogens is 4. The van der Waals surface area contributed by atoms with Crippen LogP contribution in [0.3, 0.4) is 0 Å². The van der Waals surface area contributed by atoms with E-state index in [1.54, 1.807) is 11.3 Å². The van der Waals surface area contributed by atoms with Gasteiger partial charge in [-0.3, -0.25) is 9.67 Å². The summed E-state index contributed by atoms with van der Waals surface area (Å²) in [5.74, 6) is 0.746. The predicted molar refractivity (Wildman–Crippen MR) is 74.6 cm³/mol. The quantitative estimate of drug-likeness (QED) is 0.729. The Morgan fingerprint density at radius 1 is 1.28 bits per heavy atom. The van der Waals surface area contributed by atoms with Crippen molar-refractivity contribution < 1.29 is 0 Å². The lowest BCUT2D eigenvalue weighted by Gasteiger charge is -2.04. The third kappa shape index (κ3) is 1.89. The first kappa shape index (κ1) is 11.3. The molecule has 0 aliphatic carbocycles. The molecule has 0 spiro atoms. The maximum Gasteiger partial charge on any atom is 0.200 e.